The zero-order chi connectivity index (χ0) is 12.1. The predicted octanol–water partition coefficient (Wildman–Crippen LogP) is 2.67. The molecule has 0 saturated carbocycles. The van der Waals surface area contributed by atoms with Crippen molar-refractivity contribution in [3.8, 4) is 5.75 Å². The number of hydrogen-bond donors (Lipinski definition) is 1. The van der Waals surface area contributed by atoms with E-state index in [0.29, 0.717) is 11.7 Å². The van der Waals surface area contributed by atoms with Crippen molar-refractivity contribution in [1.29, 1.82) is 0 Å². The first-order valence-electron chi connectivity index (χ1n) is 5.95. The van der Waals surface area contributed by atoms with E-state index in [1.165, 1.54) is 18.6 Å². The Balaban J connectivity index is 1.93. The minimum absolute atomic E-state index is 0.284. The van der Waals surface area contributed by atoms with Crippen LogP contribution in [0.3, 0.4) is 0 Å². The van der Waals surface area contributed by atoms with E-state index in [9.17, 15) is 4.39 Å². The fraction of sp³-hybridized carbons (Fsp3) is 0.538. The van der Waals surface area contributed by atoms with Crippen molar-refractivity contribution in [1.82, 2.24) is 0 Å². The summed E-state index contributed by atoms with van der Waals surface area (Å²) in [5, 5.41) is 3.29. The lowest BCUT2D eigenvalue weighted by Crippen LogP contribution is -2.24. The Labute approximate surface area is 101 Å². The molecule has 0 aromatic heterocycles. The summed E-state index contributed by atoms with van der Waals surface area (Å²) in [4.78, 5) is 0. The van der Waals surface area contributed by atoms with Crippen molar-refractivity contribution in [3.05, 3.63) is 24.0 Å². The van der Waals surface area contributed by atoms with Crippen LogP contribution in [-0.2, 0) is 4.74 Å². The van der Waals surface area contributed by atoms with Gasteiger partial charge < -0.3 is 14.8 Å². The van der Waals surface area contributed by atoms with E-state index < -0.39 is 0 Å². The molecule has 0 radical (unpaired) electrons. The standard InChI is InChI=1S/C13H18FNO2/c1-16-13-7-11(14)4-5-12(13)15-8-10-3-2-6-17-9-10/h4-5,7,10,15H,2-3,6,8-9H2,1H3. The molecule has 1 aromatic carbocycles. The molecule has 1 N–H and O–H groups in total. The van der Waals surface area contributed by atoms with Gasteiger partial charge in [0.25, 0.3) is 0 Å². The Hall–Kier alpha value is -1.29. The molecule has 94 valence electrons. The van der Waals surface area contributed by atoms with Gasteiger partial charge in [-0.1, -0.05) is 0 Å². The van der Waals surface area contributed by atoms with E-state index in [0.717, 1.165) is 31.9 Å². The van der Waals surface area contributed by atoms with Gasteiger partial charge in [0.1, 0.15) is 11.6 Å². The fourth-order valence-corrected chi connectivity index (χ4v) is 2.03. The summed E-state index contributed by atoms with van der Waals surface area (Å²) >= 11 is 0. The first-order chi connectivity index (χ1) is 8.29. The maximum Gasteiger partial charge on any atom is 0.144 e. The van der Waals surface area contributed by atoms with Crippen LogP contribution in [0.15, 0.2) is 18.2 Å². The van der Waals surface area contributed by atoms with Crippen LogP contribution in [0.2, 0.25) is 0 Å². The van der Waals surface area contributed by atoms with Crippen LogP contribution >= 0.6 is 0 Å². The minimum atomic E-state index is -0.284. The molecule has 17 heavy (non-hydrogen) atoms. The summed E-state index contributed by atoms with van der Waals surface area (Å²) in [6.07, 6.45) is 2.30. The highest BCUT2D eigenvalue weighted by molar-refractivity contribution is 5.56. The summed E-state index contributed by atoms with van der Waals surface area (Å²) in [6, 6.07) is 4.53. The lowest BCUT2D eigenvalue weighted by Gasteiger charge is -2.23. The van der Waals surface area contributed by atoms with E-state index >= 15 is 0 Å². The molecular weight excluding hydrogens is 221 g/mol. The molecule has 0 aliphatic carbocycles. The summed E-state index contributed by atoms with van der Waals surface area (Å²) < 4.78 is 23.5. The van der Waals surface area contributed by atoms with E-state index in [1.54, 1.807) is 13.2 Å². The third kappa shape index (κ3) is 3.33. The molecule has 1 aromatic rings. The van der Waals surface area contributed by atoms with Crippen molar-refractivity contribution in [2.75, 3.05) is 32.2 Å². The van der Waals surface area contributed by atoms with Gasteiger partial charge in [-0.3, -0.25) is 0 Å². The van der Waals surface area contributed by atoms with Gasteiger partial charge in [-0.05, 0) is 30.9 Å². The van der Waals surface area contributed by atoms with Gasteiger partial charge in [0, 0.05) is 19.2 Å². The molecule has 0 bridgehead atoms. The van der Waals surface area contributed by atoms with E-state index in [1.807, 2.05) is 0 Å². The summed E-state index contributed by atoms with van der Waals surface area (Å²) in [6.45, 7) is 2.51. The maximum atomic E-state index is 13.0. The molecule has 4 heteroatoms. The summed E-state index contributed by atoms with van der Waals surface area (Å²) in [7, 11) is 1.55. The lowest BCUT2D eigenvalue weighted by molar-refractivity contribution is 0.0595. The fourth-order valence-electron chi connectivity index (χ4n) is 2.03. The Morgan fingerprint density at radius 2 is 2.41 bits per heavy atom. The zero-order valence-electron chi connectivity index (χ0n) is 10.0. The smallest absolute Gasteiger partial charge is 0.144 e. The molecule has 1 fully saturated rings. The van der Waals surface area contributed by atoms with E-state index in [2.05, 4.69) is 5.32 Å². The zero-order valence-corrected chi connectivity index (χ0v) is 10.0. The highest BCUT2D eigenvalue weighted by atomic mass is 19.1. The molecule has 0 spiro atoms. The SMILES string of the molecule is COc1cc(F)ccc1NCC1CCCOC1. The van der Waals surface area contributed by atoms with Crippen LogP contribution < -0.4 is 10.1 Å². The topological polar surface area (TPSA) is 30.5 Å². The van der Waals surface area contributed by atoms with Crippen molar-refractivity contribution in [2.24, 2.45) is 5.92 Å². The lowest BCUT2D eigenvalue weighted by atomic mass is 10.0. The van der Waals surface area contributed by atoms with E-state index in [4.69, 9.17) is 9.47 Å². The molecule has 2 rings (SSSR count). The van der Waals surface area contributed by atoms with Crippen molar-refractivity contribution in [2.45, 2.75) is 12.8 Å². The minimum Gasteiger partial charge on any atom is -0.494 e. The quantitative estimate of drug-likeness (QED) is 0.876. The Morgan fingerprint density at radius 3 is 3.12 bits per heavy atom. The number of benzene rings is 1. The highest BCUT2D eigenvalue weighted by Gasteiger charge is 2.14. The van der Waals surface area contributed by atoms with Crippen molar-refractivity contribution in [3.63, 3.8) is 0 Å². The van der Waals surface area contributed by atoms with Gasteiger partial charge in [0.15, 0.2) is 0 Å². The van der Waals surface area contributed by atoms with Crippen LogP contribution in [0.1, 0.15) is 12.8 Å². The summed E-state index contributed by atoms with van der Waals surface area (Å²) in [5.41, 5.74) is 0.833. The molecule has 1 aliphatic heterocycles. The summed E-state index contributed by atoms with van der Waals surface area (Å²) in [5.74, 6) is 0.786. The van der Waals surface area contributed by atoms with Crippen molar-refractivity contribution >= 4 is 5.69 Å². The van der Waals surface area contributed by atoms with Crippen LogP contribution in [0.25, 0.3) is 0 Å². The first kappa shape index (κ1) is 12.2. The van der Waals surface area contributed by atoms with Gasteiger partial charge in [0.05, 0.1) is 19.4 Å². The van der Waals surface area contributed by atoms with Crippen LogP contribution in [-0.4, -0.2) is 26.9 Å². The van der Waals surface area contributed by atoms with Crippen LogP contribution in [0.5, 0.6) is 5.75 Å². The van der Waals surface area contributed by atoms with Gasteiger partial charge in [-0.25, -0.2) is 4.39 Å². The molecular formula is C13H18FNO2. The van der Waals surface area contributed by atoms with Gasteiger partial charge in [-0.2, -0.15) is 0 Å². The second-order valence-corrected chi connectivity index (χ2v) is 4.31. The second kappa shape index (κ2) is 5.87. The third-order valence-electron chi connectivity index (χ3n) is 3.00. The molecule has 0 amide bonds. The highest BCUT2D eigenvalue weighted by Crippen LogP contribution is 2.25. The Bertz CT molecular complexity index is 364. The van der Waals surface area contributed by atoms with Gasteiger partial charge >= 0.3 is 0 Å². The average molecular weight is 239 g/mol. The predicted molar refractivity (Wildman–Crippen MR) is 65.0 cm³/mol. The van der Waals surface area contributed by atoms with Gasteiger partial charge in [-0.15, -0.1) is 0 Å². The number of anilines is 1. The second-order valence-electron chi connectivity index (χ2n) is 4.31. The largest absolute Gasteiger partial charge is 0.494 e. The van der Waals surface area contributed by atoms with Crippen LogP contribution in [0, 0.1) is 11.7 Å². The molecule has 3 nitrogen and oxygen atoms in total. The number of nitrogens with one attached hydrogen (secondary N) is 1. The first-order valence-corrected chi connectivity index (χ1v) is 5.95. The number of halogens is 1. The van der Waals surface area contributed by atoms with Crippen LogP contribution in [0.4, 0.5) is 10.1 Å². The van der Waals surface area contributed by atoms with Gasteiger partial charge in [0.2, 0.25) is 0 Å². The molecule has 1 saturated heterocycles. The number of rotatable bonds is 4. The number of ether oxygens (including phenoxy) is 2. The molecule has 1 heterocycles. The monoisotopic (exact) mass is 239 g/mol. The third-order valence-corrected chi connectivity index (χ3v) is 3.00. The average Bonchev–Trinajstić information content (AvgIpc) is 2.38. The molecule has 1 atom stereocenters. The number of methoxy groups -OCH3 is 1. The molecule has 1 aliphatic rings. The van der Waals surface area contributed by atoms with Crippen molar-refractivity contribution < 1.29 is 13.9 Å². The van der Waals surface area contributed by atoms with E-state index in [-0.39, 0.29) is 5.82 Å². The number of hydrogen-bond acceptors (Lipinski definition) is 3. The molecule has 1 unspecified atom stereocenters. The Kier molecular flexibility index (Phi) is 4.20. The normalized spacial score (nSPS) is 20.0. The maximum absolute atomic E-state index is 13.0. The Morgan fingerprint density at radius 1 is 1.53 bits per heavy atom.